The molecule has 1 heterocycles. The Balaban J connectivity index is 2.07. The molecule has 1 N–H and O–H groups in total. The van der Waals surface area contributed by atoms with Crippen LogP contribution in [0.2, 0.25) is 0 Å². The minimum absolute atomic E-state index is 0.0198. The first kappa shape index (κ1) is 20.9. The molecule has 1 aromatic heterocycles. The number of aromatic nitrogens is 1. The van der Waals surface area contributed by atoms with Gasteiger partial charge in [-0.25, -0.2) is 0 Å². The number of nitriles is 1. The number of hydrogen-bond donors (Lipinski definition) is 1. The minimum atomic E-state index is -3.07. The first-order valence-corrected chi connectivity index (χ1v) is 8.83. The van der Waals surface area contributed by atoms with Crippen molar-refractivity contribution in [3.8, 4) is 23.3 Å². The minimum Gasteiger partial charge on any atom is -0.493 e. The van der Waals surface area contributed by atoms with Gasteiger partial charge in [-0.05, 0) is 42.3 Å². The average molecular weight is 412 g/mol. The summed E-state index contributed by atoms with van der Waals surface area (Å²) in [7, 11) is 2.57. The molecule has 3 rings (SSSR count). The number of H-pyrrole nitrogens is 1. The van der Waals surface area contributed by atoms with E-state index >= 15 is 0 Å². The number of alkyl halides is 2. The van der Waals surface area contributed by atoms with Gasteiger partial charge >= 0.3 is 6.61 Å². The predicted octanol–water partition coefficient (Wildman–Crippen LogP) is 4.88. The van der Waals surface area contributed by atoms with Crippen LogP contribution in [0.4, 0.5) is 8.78 Å². The lowest BCUT2D eigenvalue weighted by atomic mass is 9.99. The molecule has 2 aromatic carbocycles. The number of ether oxygens (including phenoxy) is 3. The first-order valence-electron chi connectivity index (χ1n) is 8.83. The lowest BCUT2D eigenvalue weighted by Gasteiger charge is -2.14. The van der Waals surface area contributed by atoms with Gasteiger partial charge < -0.3 is 19.2 Å². The molecule has 0 aliphatic rings. The van der Waals surface area contributed by atoms with Gasteiger partial charge in [-0.15, -0.1) is 0 Å². The summed E-state index contributed by atoms with van der Waals surface area (Å²) in [6, 6.07) is 10.3. The summed E-state index contributed by atoms with van der Waals surface area (Å²) in [6.07, 6.45) is 2.91. The monoisotopic (exact) mass is 412 g/mol. The maximum atomic E-state index is 13.0. The van der Waals surface area contributed by atoms with Gasteiger partial charge in [0.2, 0.25) is 11.5 Å². The molecule has 154 valence electrons. The van der Waals surface area contributed by atoms with Crippen molar-refractivity contribution in [3.05, 3.63) is 58.8 Å². The standard InChI is InChI=1S/C22H18F2N2O4/c1-12-5-4-6-16-19(12)15(11-26-16)20(27)14(10-25)7-13-8-17(28-2)21(30-22(23)24)18(9-13)29-3/h4-9,11,22,26H,1-3H3. The molecule has 6 nitrogen and oxygen atoms in total. The molecule has 0 bridgehead atoms. The first-order chi connectivity index (χ1) is 14.4. The Morgan fingerprint density at radius 1 is 1.20 bits per heavy atom. The average Bonchev–Trinajstić information content (AvgIpc) is 3.17. The summed E-state index contributed by atoms with van der Waals surface area (Å²) < 4.78 is 40.1. The van der Waals surface area contributed by atoms with E-state index < -0.39 is 12.4 Å². The Morgan fingerprint density at radius 2 is 1.87 bits per heavy atom. The van der Waals surface area contributed by atoms with E-state index in [0.717, 1.165) is 16.5 Å². The molecular formula is C22H18F2N2O4. The molecule has 30 heavy (non-hydrogen) atoms. The molecule has 0 saturated carbocycles. The molecular weight excluding hydrogens is 394 g/mol. The number of benzene rings is 2. The fraction of sp³-hybridized carbons (Fsp3) is 0.182. The van der Waals surface area contributed by atoms with Crippen LogP contribution in [-0.2, 0) is 0 Å². The third-order valence-corrected chi connectivity index (χ3v) is 4.52. The molecule has 0 aliphatic carbocycles. The Hall–Kier alpha value is -3.86. The number of nitrogens with one attached hydrogen (secondary N) is 1. The van der Waals surface area contributed by atoms with E-state index in [-0.39, 0.29) is 22.8 Å². The normalized spacial score (nSPS) is 11.4. The highest BCUT2D eigenvalue weighted by Crippen LogP contribution is 2.40. The van der Waals surface area contributed by atoms with Crippen LogP contribution in [0.5, 0.6) is 17.2 Å². The van der Waals surface area contributed by atoms with Gasteiger partial charge in [0.25, 0.3) is 0 Å². The molecule has 8 heteroatoms. The lowest BCUT2D eigenvalue weighted by Crippen LogP contribution is -2.06. The number of carbonyl (C=O) groups excluding carboxylic acids is 1. The van der Waals surface area contributed by atoms with Gasteiger partial charge in [0.15, 0.2) is 11.5 Å². The van der Waals surface area contributed by atoms with Gasteiger partial charge in [0.05, 0.1) is 14.2 Å². The van der Waals surface area contributed by atoms with E-state index in [4.69, 9.17) is 9.47 Å². The van der Waals surface area contributed by atoms with Crippen LogP contribution in [0, 0.1) is 18.3 Å². The Bertz CT molecular complexity index is 1150. The van der Waals surface area contributed by atoms with E-state index in [1.54, 1.807) is 6.20 Å². The number of hydrogen-bond acceptors (Lipinski definition) is 5. The second kappa shape index (κ2) is 8.66. The number of methoxy groups -OCH3 is 2. The van der Waals surface area contributed by atoms with Crippen molar-refractivity contribution in [2.24, 2.45) is 0 Å². The fourth-order valence-electron chi connectivity index (χ4n) is 3.20. The molecule has 0 atom stereocenters. The molecule has 0 saturated heterocycles. The van der Waals surface area contributed by atoms with Crippen LogP contribution in [-0.4, -0.2) is 31.6 Å². The molecule has 0 spiro atoms. The second-order valence-corrected chi connectivity index (χ2v) is 6.33. The predicted molar refractivity (Wildman–Crippen MR) is 107 cm³/mol. The van der Waals surface area contributed by atoms with Crippen LogP contribution in [0.1, 0.15) is 21.5 Å². The number of allylic oxidation sites excluding steroid dienone is 1. The highest BCUT2D eigenvalue weighted by Gasteiger charge is 2.20. The fourth-order valence-corrected chi connectivity index (χ4v) is 3.20. The van der Waals surface area contributed by atoms with E-state index in [0.29, 0.717) is 11.1 Å². The van der Waals surface area contributed by atoms with Gasteiger partial charge in [0.1, 0.15) is 11.6 Å². The number of halogens is 2. The number of aryl methyl sites for hydroxylation is 1. The van der Waals surface area contributed by atoms with Crippen molar-refractivity contribution in [3.63, 3.8) is 0 Å². The van der Waals surface area contributed by atoms with Gasteiger partial charge in [-0.3, -0.25) is 4.79 Å². The van der Waals surface area contributed by atoms with E-state index in [1.807, 2.05) is 31.2 Å². The van der Waals surface area contributed by atoms with Crippen molar-refractivity contribution in [2.75, 3.05) is 14.2 Å². The third kappa shape index (κ3) is 3.96. The maximum Gasteiger partial charge on any atom is 0.387 e. The van der Waals surface area contributed by atoms with Crippen LogP contribution in [0.15, 0.2) is 42.1 Å². The number of aromatic amines is 1. The van der Waals surface area contributed by atoms with E-state index in [2.05, 4.69) is 9.72 Å². The smallest absolute Gasteiger partial charge is 0.387 e. The van der Waals surface area contributed by atoms with Gasteiger partial charge in [-0.1, -0.05) is 12.1 Å². The Morgan fingerprint density at radius 3 is 2.43 bits per heavy atom. The third-order valence-electron chi connectivity index (χ3n) is 4.52. The molecule has 3 aromatic rings. The second-order valence-electron chi connectivity index (χ2n) is 6.33. The Kier molecular flexibility index (Phi) is 6.02. The quantitative estimate of drug-likeness (QED) is 0.340. The number of ketones is 1. The zero-order valence-electron chi connectivity index (χ0n) is 16.5. The zero-order valence-corrected chi connectivity index (χ0v) is 16.5. The number of carbonyl (C=O) groups is 1. The maximum absolute atomic E-state index is 13.0. The molecule has 0 radical (unpaired) electrons. The highest BCUT2D eigenvalue weighted by molar-refractivity contribution is 6.20. The van der Waals surface area contributed by atoms with Crippen LogP contribution in [0.3, 0.4) is 0 Å². The van der Waals surface area contributed by atoms with Crippen molar-refractivity contribution in [1.82, 2.24) is 4.98 Å². The largest absolute Gasteiger partial charge is 0.493 e. The van der Waals surface area contributed by atoms with Crippen molar-refractivity contribution >= 4 is 22.8 Å². The number of Topliss-reactive ketones (excluding diaryl/α,β-unsaturated/α-hetero) is 1. The highest BCUT2D eigenvalue weighted by atomic mass is 19.3. The van der Waals surface area contributed by atoms with Gasteiger partial charge in [0, 0.05) is 22.7 Å². The van der Waals surface area contributed by atoms with E-state index in [1.165, 1.54) is 32.4 Å². The van der Waals surface area contributed by atoms with Crippen molar-refractivity contribution in [2.45, 2.75) is 13.5 Å². The number of nitrogens with zero attached hydrogens (tertiary/aromatic N) is 1. The topological polar surface area (TPSA) is 84.3 Å². The molecule has 0 fully saturated rings. The molecule has 0 amide bonds. The van der Waals surface area contributed by atoms with Gasteiger partial charge in [-0.2, -0.15) is 14.0 Å². The number of fused-ring (bicyclic) bond motifs is 1. The Labute approximate surface area is 171 Å². The molecule has 0 unspecified atom stereocenters. The van der Waals surface area contributed by atoms with Crippen molar-refractivity contribution in [1.29, 1.82) is 5.26 Å². The zero-order chi connectivity index (χ0) is 21.8. The summed E-state index contributed by atoms with van der Waals surface area (Å²) in [5.74, 6) is -0.782. The number of rotatable bonds is 7. The molecule has 0 aliphatic heterocycles. The van der Waals surface area contributed by atoms with E-state index in [9.17, 15) is 18.8 Å². The van der Waals surface area contributed by atoms with Crippen LogP contribution in [0.25, 0.3) is 17.0 Å². The summed E-state index contributed by atoms with van der Waals surface area (Å²) in [5, 5.41) is 10.3. The van der Waals surface area contributed by atoms with Crippen LogP contribution < -0.4 is 14.2 Å². The van der Waals surface area contributed by atoms with Crippen molar-refractivity contribution < 1.29 is 27.8 Å². The summed E-state index contributed by atoms with van der Waals surface area (Å²) in [5.41, 5.74) is 2.27. The van der Waals surface area contributed by atoms with Crippen LogP contribution >= 0.6 is 0 Å². The summed E-state index contributed by atoms with van der Waals surface area (Å²) in [6.45, 7) is -1.20. The lowest BCUT2D eigenvalue weighted by molar-refractivity contribution is -0.0526. The summed E-state index contributed by atoms with van der Waals surface area (Å²) in [4.78, 5) is 16.1. The SMILES string of the molecule is COc1cc(C=C(C#N)C(=O)c2c[nH]c3cccc(C)c23)cc(OC)c1OC(F)F. The summed E-state index contributed by atoms with van der Waals surface area (Å²) >= 11 is 0.